The van der Waals surface area contributed by atoms with E-state index in [1.807, 2.05) is 97.1 Å². The summed E-state index contributed by atoms with van der Waals surface area (Å²) in [5.41, 5.74) is 43.5. The van der Waals surface area contributed by atoms with Gasteiger partial charge in [0.1, 0.15) is 5.54 Å². The monoisotopic (exact) mass is 475 g/mol. The van der Waals surface area contributed by atoms with Crippen LogP contribution in [0.2, 0.25) is 0 Å². The second-order valence-electron chi connectivity index (χ2n) is 9.13. The first kappa shape index (κ1) is 23.2. The molecule has 0 aromatic heterocycles. The predicted octanol–water partition coefficient (Wildman–Crippen LogP) is 3.68. The molecule has 0 saturated carbocycles. The van der Waals surface area contributed by atoms with Crippen molar-refractivity contribution >= 4 is 40.1 Å². The SMILES string of the molecule is Nc1ccc(C2=C(c3ccc(N)cc3)C(N)(c3ccc(N)cc3)N=CC2(N)c2ccc(N)cc2)cc1. The van der Waals surface area contributed by atoms with Gasteiger partial charge in [-0.25, -0.2) is 0 Å². The molecule has 0 spiro atoms. The molecule has 4 aromatic rings. The van der Waals surface area contributed by atoms with E-state index in [9.17, 15) is 0 Å². The molecule has 36 heavy (non-hydrogen) atoms. The van der Waals surface area contributed by atoms with Gasteiger partial charge in [-0.1, -0.05) is 48.5 Å². The summed E-state index contributed by atoms with van der Waals surface area (Å²) in [4.78, 5) is 4.93. The maximum absolute atomic E-state index is 7.25. The van der Waals surface area contributed by atoms with E-state index in [1.54, 1.807) is 6.21 Å². The number of dihydropyridines is 1. The third-order valence-corrected chi connectivity index (χ3v) is 6.65. The molecule has 1 aliphatic heterocycles. The van der Waals surface area contributed by atoms with Crippen molar-refractivity contribution < 1.29 is 0 Å². The number of anilines is 4. The van der Waals surface area contributed by atoms with Gasteiger partial charge in [-0.15, -0.1) is 0 Å². The van der Waals surface area contributed by atoms with Crippen molar-refractivity contribution in [2.75, 3.05) is 22.9 Å². The molecule has 0 fully saturated rings. The van der Waals surface area contributed by atoms with Crippen LogP contribution in [0.15, 0.2) is 102 Å². The summed E-state index contributed by atoms with van der Waals surface area (Å²) in [5.74, 6) is 0. The van der Waals surface area contributed by atoms with E-state index in [0.29, 0.717) is 22.7 Å². The van der Waals surface area contributed by atoms with Gasteiger partial charge in [0.25, 0.3) is 0 Å². The highest BCUT2D eigenvalue weighted by Gasteiger charge is 2.45. The summed E-state index contributed by atoms with van der Waals surface area (Å²) in [5, 5.41) is 0. The largest absolute Gasteiger partial charge is 0.399 e. The van der Waals surface area contributed by atoms with E-state index < -0.39 is 11.2 Å². The van der Waals surface area contributed by atoms with E-state index in [0.717, 1.165) is 33.4 Å². The number of rotatable bonds is 4. The van der Waals surface area contributed by atoms with Crippen LogP contribution in [0.3, 0.4) is 0 Å². The smallest absolute Gasteiger partial charge is 0.160 e. The fourth-order valence-electron chi connectivity index (χ4n) is 4.71. The minimum absolute atomic E-state index is 0.633. The van der Waals surface area contributed by atoms with Crippen LogP contribution in [0.25, 0.3) is 11.1 Å². The average molecular weight is 476 g/mol. The minimum Gasteiger partial charge on any atom is -0.399 e. The van der Waals surface area contributed by atoms with Gasteiger partial charge in [-0.2, -0.15) is 0 Å². The quantitative estimate of drug-likeness (QED) is 0.246. The van der Waals surface area contributed by atoms with Crippen LogP contribution in [-0.4, -0.2) is 6.21 Å². The number of hydrogen-bond donors (Lipinski definition) is 6. The molecule has 0 radical (unpaired) electrons. The molecule has 7 nitrogen and oxygen atoms in total. The van der Waals surface area contributed by atoms with Crippen molar-refractivity contribution in [2.45, 2.75) is 11.2 Å². The predicted molar refractivity (Wildman–Crippen MR) is 150 cm³/mol. The molecule has 0 amide bonds. The van der Waals surface area contributed by atoms with Crippen LogP contribution in [-0.2, 0) is 11.2 Å². The van der Waals surface area contributed by atoms with Gasteiger partial charge in [0, 0.05) is 34.5 Å². The summed E-state index contributed by atoms with van der Waals surface area (Å²) < 4.78 is 0. The van der Waals surface area contributed by atoms with Crippen LogP contribution in [0.5, 0.6) is 0 Å². The summed E-state index contributed by atoms with van der Waals surface area (Å²) in [6.45, 7) is 0. The second kappa shape index (κ2) is 8.57. The first-order valence-corrected chi connectivity index (χ1v) is 11.5. The Morgan fingerprint density at radius 3 is 1.25 bits per heavy atom. The van der Waals surface area contributed by atoms with Crippen molar-refractivity contribution in [1.82, 2.24) is 0 Å². The van der Waals surface area contributed by atoms with E-state index >= 15 is 0 Å². The second-order valence-corrected chi connectivity index (χ2v) is 9.13. The highest BCUT2D eigenvalue weighted by molar-refractivity contribution is 6.09. The minimum atomic E-state index is -1.25. The lowest BCUT2D eigenvalue weighted by Gasteiger charge is -2.42. The Hall–Kier alpha value is -4.59. The molecule has 0 aliphatic carbocycles. The van der Waals surface area contributed by atoms with Crippen LogP contribution in [0, 0.1) is 0 Å². The summed E-state index contributed by atoms with van der Waals surface area (Å²) >= 11 is 0. The Kier molecular flexibility index (Phi) is 5.51. The average Bonchev–Trinajstić information content (AvgIpc) is 2.87. The van der Waals surface area contributed by atoms with Gasteiger partial charge < -0.3 is 28.7 Å². The normalized spacial score (nSPS) is 21.5. The summed E-state index contributed by atoms with van der Waals surface area (Å²) in [6, 6.07) is 30.0. The van der Waals surface area contributed by atoms with E-state index in [1.165, 1.54) is 0 Å². The van der Waals surface area contributed by atoms with Crippen LogP contribution >= 0.6 is 0 Å². The topological polar surface area (TPSA) is 168 Å². The number of benzene rings is 4. The zero-order chi connectivity index (χ0) is 25.5. The van der Waals surface area contributed by atoms with Gasteiger partial charge in [0.05, 0.1) is 0 Å². The highest BCUT2D eigenvalue weighted by Crippen LogP contribution is 2.49. The third-order valence-electron chi connectivity index (χ3n) is 6.65. The van der Waals surface area contributed by atoms with Gasteiger partial charge >= 0.3 is 0 Å². The van der Waals surface area contributed by atoms with Gasteiger partial charge in [-0.05, 0) is 76.4 Å². The van der Waals surface area contributed by atoms with Crippen LogP contribution < -0.4 is 34.4 Å². The van der Waals surface area contributed by atoms with Gasteiger partial charge in [0.15, 0.2) is 5.66 Å². The molecule has 0 bridgehead atoms. The fourth-order valence-corrected chi connectivity index (χ4v) is 4.71. The first-order valence-electron chi connectivity index (χ1n) is 11.5. The van der Waals surface area contributed by atoms with E-state index in [2.05, 4.69) is 0 Å². The van der Waals surface area contributed by atoms with E-state index in [-0.39, 0.29) is 0 Å². The third kappa shape index (κ3) is 3.86. The molecule has 7 heteroatoms. The van der Waals surface area contributed by atoms with Crippen LogP contribution in [0.1, 0.15) is 22.3 Å². The fraction of sp³-hybridized carbons (Fsp3) is 0.0690. The number of nitrogens with zero attached hydrogens (tertiary/aromatic N) is 1. The molecule has 0 saturated heterocycles. The van der Waals surface area contributed by atoms with Gasteiger partial charge in [-0.3, -0.25) is 10.7 Å². The van der Waals surface area contributed by atoms with E-state index in [4.69, 9.17) is 39.4 Å². The van der Waals surface area contributed by atoms with Crippen molar-refractivity contribution in [3.63, 3.8) is 0 Å². The van der Waals surface area contributed by atoms with Crippen molar-refractivity contribution in [2.24, 2.45) is 16.5 Å². The zero-order valence-corrected chi connectivity index (χ0v) is 19.7. The molecule has 1 aliphatic rings. The Morgan fingerprint density at radius 2 is 0.806 bits per heavy atom. The number of hydrogen-bond acceptors (Lipinski definition) is 7. The lowest BCUT2D eigenvalue weighted by Crippen LogP contribution is -2.49. The maximum Gasteiger partial charge on any atom is 0.160 e. The molecule has 180 valence electrons. The van der Waals surface area contributed by atoms with Gasteiger partial charge in [0.2, 0.25) is 0 Å². The molecule has 5 rings (SSSR count). The Balaban J connectivity index is 1.89. The number of nitrogen functional groups attached to an aromatic ring is 4. The van der Waals surface area contributed by atoms with Crippen molar-refractivity contribution in [3.05, 3.63) is 119 Å². The molecule has 12 N–H and O–H groups in total. The highest BCUT2D eigenvalue weighted by atomic mass is 15.1. The number of nitrogens with two attached hydrogens (primary N) is 6. The van der Waals surface area contributed by atoms with Crippen molar-refractivity contribution in [1.29, 1.82) is 0 Å². The first-order chi connectivity index (χ1) is 17.2. The Morgan fingerprint density at radius 1 is 0.444 bits per heavy atom. The standard InChI is InChI=1S/C29H29N7/c30-22-9-1-18(2-10-22)26-27(19-3-11-23(31)12-4-19)29(35,21-7-15-25(33)16-8-21)36-17-28(26,34)20-5-13-24(32)14-6-20/h1-17H,30-35H2. The summed E-state index contributed by atoms with van der Waals surface area (Å²) in [7, 11) is 0. The molecule has 4 aromatic carbocycles. The molecular formula is C29H29N7. The molecular weight excluding hydrogens is 446 g/mol. The van der Waals surface area contributed by atoms with Crippen molar-refractivity contribution in [3.8, 4) is 0 Å². The molecule has 1 heterocycles. The Labute approximate surface area is 210 Å². The maximum atomic E-state index is 7.25. The summed E-state index contributed by atoms with van der Waals surface area (Å²) in [6.07, 6.45) is 1.72. The molecule has 2 atom stereocenters. The zero-order valence-electron chi connectivity index (χ0n) is 19.7. The lowest BCUT2D eigenvalue weighted by atomic mass is 9.70. The molecule has 2 unspecified atom stereocenters. The lowest BCUT2D eigenvalue weighted by molar-refractivity contribution is 0.594. The Bertz CT molecular complexity index is 1340. The van der Waals surface area contributed by atoms with Crippen LogP contribution in [0.4, 0.5) is 22.7 Å². The number of aliphatic imine (C=N–C) groups is 1.